The van der Waals surface area contributed by atoms with Crippen molar-refractivity contribution in [3.8, 4) is 11.5 Å². The molecule has 0 radical (unpaired) electrons. The lowest BCUT2D eigenvalue weighted by Crippen LogP contribution is -2.22. The summed E-state index contributed by atoms with van der Waals surface area (Å²) in [7, 11) is 1.51. The number of hydrogen-bond acceptors (Lipinski definition) is 4. The van der Waals surface area contributed by atoms with Crippen LogP contribution in [0, 0.1) is 0 Å². The van der Waals surface area contributed by atoms with E-state index in [-0.39, 0.29) is 11.9 Å². The van der Waals surface area contributed by atoms with E-state index in [0.717, 1.165) is 5.56 Å². The predicted octanol–water partition coefficient (Wildman–Crippen LogP) is 1.30. The molecule has 0 unspecified atom stereocenters. The highest BCUT2D eigenvalue weighted by atomic mass is 16.6. The van der Waals surface area contributed by atoms with Crippen LogP contribution in [0.2, 0.25) is 0 Å². The highest BCUT2D eigenvalue weighted by Crippen LogP contribution is 2.28. The van der Waals surface area contributed by atoms with Gasteiger partial charge in [-0.1, -0.05) is 6.07 Å². The molecule has 5 heteroatoms. The summed E-state index contributed by atoms with van der Waals surface area (Å²) >= 11 is 0. The van der Waals surface area contributed by atoms with Crippen LogP contribution in [-0.4, -0.2) is 25.5 Å². The molecule has 1 rings (SSSR count). The third kappa shape index (κ3) is 4.45. The Labute approximate surface area is 106 Å². The van der Waals surface area contributed by atoms with Crippen LogP contribution in [0.4, 0.5) is 0 Å². The molecule has 0 aliphatic heterocycles. The first-order valence-corrected chi connectivity index (χ1v) is 5.62. The fraction of sp³-hybridized carbons (Fsp3) is 0.385. The molecule has 0 bridgehead atoms. The second-order valence-corrected chi connectivity index (χ2v) is 3.81. The Morgan fingerprint density at radius 1 is 1.22 bits per heavy atom. The monoisotopic (exact) mass is 251 g/mol. The number of esters is 1. The zero-order chi connectivity index (χ0) is 13.5. The van der Waals surface area contributed by atoms with Crippen LogP contribution >= 0.6 is 0 Å². The molecule has 0 fully saturated rings. The van der Waals surface area contributed by atoms with Gasteiger partial charge < -0.3 is 14.8 Å². The Bertz CT molecular complexity index is 443. The highest BCUT2D eigenvalue weighted by molar-refractivity contribution is 5.72. The molecule has 1 aromatic rings. The summed E-state index contributed by atoms with van der Waals surface area (Å²) in [6, 6.07) is 5.31. The molecule has 1 amide bonds. The molecule has 0 aliphatic carbocycles. The summed E-state index contributed by atoms with van der Waals surface area (Å²) in [4.78, 5) is 21.6. The van der Waals surface area contributed by atoms with Crippen molar-refractivity contribution in [3.05, 3.63) is 23.8 Å². The van der Waals surface area contributed by atoms with Gasteiger partial charge in [0.25, 0.3) is 0 Å². The second kappa shape index (κ2) is 6.64. The lowest BCUT2D eigenvalue weighted by atomic mass is 10.1. The fourth-order valence-electron chi connectivity index (χ4n) is 1.49. The van der Waals surface area contributed by atoms with Crippen LogP contribution in [0.25, 0.3) is 0 Å². The summed E-state index contributed by atoms with van der Waals surface area (Å²) in [5.41, 5.74) is 0.997. The standard InChI is InChI=1S/C13H17NO4/c1-9(15)14-7-6-11-4-5-12(18-10(2)16)13(8-11)17-3/h4-5,8H,6-7H2,1-3H3,(H,14,15). The number of nitrogens with one attached hydrogen (secondary N) is 1. The minimum atomic E-state index is -0.390. The van der Waals surface area contributed by atoms with Gasteiger partial charge in [-0.2, -0.15) is 0 Å². The van der Waals surface area contributed by atoms with Gasteiger partial charge in [0.05, 0.1) is 7.11 Å². The Kier molecular flexibility index (Phi) is 5.17. The zero-order valence-electron chi connectivity index (χ0n) is 10.8. The summed E-state index contributed by atoms with van der Waals surface area (Å²) in [6.45, 7) is 3.37. The number of methoxy groups -OCH3 is 1. The van der Waals surface area contributed by atoms with Gasteiger partial charge in [-0.15, -0.1) is 0 Å². The number of rotatable bonds is 5. The highest BCUT2D eigenvalue weighted by Gasteiger charge is 2.07. The maximum Gasteiger partial charge on any atom is 0.308 e. The van der Waals surface area contributed by atoms with Gasteiger partial charge in [0.15, 0.2) is 11.5 Å². The molecule has 0 saturated carbocycles. The van der Waals surface area contributed by atoms with Gasteiger partial charge in [-0.05, 0) is 24.1 Å². The fourth-order valence-corrected chi connectivity index (χ4v) is 1.49. The van der Waals surface area contributed by atoms with Crippen molar-refractivity contribution in [2.24, 2.45) is 0 Å². The molecule has 0 saturated heterocycles. The van der Waals surface area contributed by atoms with E-state index in [1.807, 2.05) is 6.07 Å². The molecule has 98 valence electrons. The van der Waals surface area contributed by atoms with E-state index in [1.165, 1.54) is 21.0 Å². The number of hydrogen-bond donors (Lipinski definition) is 1. The quantitative estimate of drug-likeness (QED) is 0.633. The first kappa shape index (κ1) is 14.0. The molecule has 0 spiro atoms. The van der Waals surface area contributed by atoms with Crippen molar-refractivity contribution in [1.82, 2.24) is 5.32 Å². The summed E-state index contributed by atoms with van der Waals surface area (Å²) in [5.74, 6) is 0.455. The van der Waals surface area contributed by atoms with Crippen LogP contribution in [-0.2, 0) is 16.0 Å². The average molecular weight is 251 g/mol. The Balaban J connectivity index is 2.72. The maximum atomic E-state index is 10.9. The topological polar surface area (TPSA) is 64.6 Å². The first-order chi connectivity index (χ1) is 8.52. The van der Waals surface area contributed by atoms with Gasteiger partial charge in [-0.3, -0.25) is 9.59 Å². The van der Waals surface area contributed by atoms with E-state index in [2.05, 4.69) is 5.32 Å². The third-order valence-corrected chi connectivity index (χ3v) is 2.27. The van der Waals surface area contributed by atoms with E-state index in [4.69, 9.17) is 9.47 Å². The minimum absolute atomic E-state index is 0.0569. The van der Waals surface area contributed by atoms with Crippen molar-refractivity contribution in [3.63, 3.8) is 0 Å². The van der Waals surface area contributed by atoms with Gasteiger partial charge in [0.2, 0.25) is 5.91 Å². The van der Waals surface area contributed by atoms with E-state index in [1.54, 1.807) is 12.1 Å². The Hall–Kier alpha value is -2.04. The first-order valence-electron chi connectivity index (χ1n) is 5.62. The number of ether oxygens (including phenoxy) is 2. The molecule has 0 aromatic heterocycles. The minimum Gasteiger partial charge on any atom is -0.493 e. The van der Waals surface area contributed by atoms with Gasteiger partial charge >= 0.3 is 5.97 Å². The van der Waals surface area contributed by atoms with Crippen molar-refractivity contribution >= 4 is 11.9 Å². The number of benzene rings is 1. The van der Waals surface area contributed by atoms with Crippen LogP contribution in [0.1, 0.15) is 19.4 Å². The lowest BCUT2D eigenvalue weighted by Gasteiger charge is -2.10. The largest absolute Gasteiger partial charge is 0.493 e. The van der Waals surface area contributed by atoms with Crippen molar-refractivity contribution in [1.29, 1.82) is 0 Å². The van der Waals surface area contributed by atoms with Gasteiger partial charge in [-0.25, -0.2) is 0 Å². The molecule has 5 nitrogen and oxygen atoms in total. The van der Waals surface area contributed by atoms with E-state index < -0.39 is 0 Å². The summed E-state index contributed by atoms with van der Waals surface area (Å²) < 4.78 is 10.2. The second-order valence-electron chi connectivity index (χ2n) is 3.81. The summed E-state index contributed by atoms with van der Waals surface area (Å²) in [6.07, 6.45) is 0.691. The van der Waals surface area contributed by atoms with E-state index in [0.29, 0.717) is 24.5 Å². The van der Waals surface area contributed by atoms with Crippen LogP contribution in [0.15, 0.2) is 18.2 Å². The lowest BCUT2D eigenvalue weighted by molar-refractivity contribution is -0.132. The molecule has 18 heavy (non-hydrogen) atoms. The molecule has 1 N–H and O–H groups in total. The SMILES string of the molecule is COc1cc(CCNC(C)=O)ccc1OC(C)=O. The maximum absolute atomic E-state index is 10.9. The third-order valence-electron chi connectivity index (χ3n) is 2.27. The Morgan fingerprint density at radius 2 is 1.94 bits per heavy atom. The molecule has 1 aromatic carbocycles. The molecule has 0 aliphatic rings. The average Bonchev–Trinajstić information content (AvgIpc) is 2.29. The molecular formula is C13H17NO4. The number of carbonyl (C=O) groups is 2. The van der Waals surface area contributed by atoms with Crippen LogP contribution in [0.5, 0.6) is 11.5 Å². The smallest absolute Gasteiger partial charge is 0.308 e. The van der Waals surface area contributed by atoms with Crippen molar-refractivity contribution in [2.45, 2.75) is 20.3 Å². The van der Waals surface area contributed by atoms with E-state index in [9.17, 15) is 9.59 Å². The van der Waals surface area contributed by atoms with Crippen LogP contribution < -0.4 is 14.8 Å². The molecule has 0 heterocycles. The van der Waals surface area contributed by atoms with Gasteiger partial charge in [0, 0.05) is 20.4 Å². The van der Waals surface area contributed by atoms with E-state index >= 15 is 0 Å². The zero-order valence-corrected chi connectivity index (χ0v) is 10.8. The Morgan fingerprint density at radius 3 is 2.50 bits per heavy atom. The molecular weight excluding hydrogens is 234 g/mol. The predicted molar refractivity (Wildman–Crippen MR) is 66.7 cm³/mol. The van der Waals surface area contributed by atoms with Gasteiger partial charge in [0.1, 0.15) is 0 Å². The molecule has 0 atom stereocenters. The van der Waals surface area contributed by atoms with Crippen molar-refractivity contribution in [2.75, 3.05) is 13.7 Å². The number of carbonyl (C=O) groups excluding carboxylic acids is 2. The van der Waals surface area contributed by atoms with Crippen LogP contribution in [0.3, 0.4) is 0 Å². The summed E-state index contributed by atoms with van der Waals surface area (Å²) in [5, 5.41) is 2.71. The number of amides is 1. The van der Waals surface area contributed by atoms with Crippen molar-refractivity contribution < 1.29 is 19.1 Å². The normalized spacial score (nSPS) is 9.72.